The van der Waals surface area contributed by atoms with Crippen molar-refractivity contribution < 1.29 is 9.53 Å². The molecule has 0 aliphatic heterocycles. The van der Waals surface area contributed by atoms with Gasteiger partial charge in [0.25, 0.3) is 8.32 Å². The van der Waals surface area contributed by atoms with Gasteiger partial charge in [-0.25, -0.2) is 0 Å². The van der Waals surface area contributed by atoms with Crippen LogP contribution in [0.2, 0.25) is 16.6 Å². The van der Waals surface area contributed by atoms with Crippen molar-refractivity contribution in [3.05, 3.63) is 48.2 Å². The quantitative estimate of drug-likeness (QED) is 0.483. The molecule has 1 atom stereocenters. The molecule has 0 aliphatic rings. The van der Waals surface area contributed by atoms with Gasteiger partial charge in [0, 0.05) is 0 Å². The lowest BCUT2D eigenvalue weighted by Crippen LogP contribution is -2.46. The van der Waals surface area contributed by atoms with Crippen molar-refractivity contribution in [1.82, 2.24) is 0 Å². The topological polar surface area (TPSA) is 29.5 Å². The first-order valence-electron chi connectivity index (χ1n) is 8.38. The Morgan fingerprint density at radius 3 is 1.91 bits per heavy atom. The van der Waals surface area contributed by atoms with Gasteiger partial charge in [-0.3, -0.25) is 0 Å². The highest BCUT2D eigenvalue weighted by Crippen LogP contribution is 2.42. The van der Waals surface area contributed by atoms with Crippen LogP contribution in [-0.4, -0.2) is 13.4 Å². The summed E-state index contributed by atoms with van der Waals surface area (Å²) in [6, 6.07) is 9.77. The Bertz CT molecular complexity index is 430. The number of hydrogen-bond donors (Lipinski definition) is 1. The molecule has 22 heavy (non-hydrogen) atoms. The maximum absolute atomic E-state index is 10.2. The van der Waals surface area contributed by atoms with E-state index in [9.17, 15) is 5.11 Å². The van der Waals surface area contributed by atoms with Crippen LogP contribution in [0.4, 0.5) is 0 Å². The summed E-state index contributed by atoms with van der Waals surface area (Å²) in [7, 11) is -1.85. The molecule has 2 nitrogen and oxygen atoms in total. The van der Waals surface area contributed by atoms with Gasteiger partial charge in [0.15, 0.2) is 0 Å². The molecule has 0 spiro atoms. The zero-order valence-electron chi connectivity index (χ0n) is 14.9. The van der Waals surface area contributed by atoms with E-state index in [1.165, 1.54) is 0 Å². The van der Waals surface area contributed by atoms with Crippen molar-refractivity contribution >= 4 is 8.32 Å². The monoisotopic (exact) mass is 320 g/mol. The predicted molar refractivity (Wildman–Crippen MR) is 97.3 cm³/mol. The summed E-state index contributed by atoms with van der Waals surface area (Å²) in [5, 5.41) is 10.2. The molecule has 124 valence electrons. The second kappa shape index (κ2) is 8.54. The summed E-state index contributed by atoms with van der Waals surface area (Å²) in [5.41, 5.74) is 2.65. The Balaban J connectivity index is 2.69. The molecular weight excluding hydrogens is 288 g/mol. The molecule has 0 unspecified atom stereocenters. The highest BCUT2D eigenvalue weighted by molar-refractivity contribution is 6.77. The molecule has 0 amide bonds. The van der Waals surface area contributed by atoms with Gasteiger partial charge in [0.1, 0.15) is 0 Å². The number of rotatable bonds is 8. The molecule has 0 saturated heterocycles. The maximum atomic E-state index is 10.2. The Morgan fingerprint density at radius 1 is 0.955 bits per heavy atom. The smallest absolute Gasteiger partial charge is 0.257 e. The summed E-state index contributed by atoms with van der Waals surface area (Å²) >= 11 is 0. The van der Waals surface area contributed by atoms with Gasteiger partial charge in [-0.15, -0.1) is 0 Å². The third-order valence-corrected chi connectivity index (χ3v) is 10.6. The molecule has 0 aromatic heterocycles. The normalized spacial score (nSPS) is 14.3. The lowest BCUT2D eigenvalue weighted by Gasteiger charge is -2.41. The van der Waals surface area contributed by atoms with Crippen LogP contribution in [0, 0.1) is 0 Å². The maximum Gasteiger partial charge on any atom is 0.257 e. The van der Waals surface area contributed by atoms with Crippen LogP contribution >= 0.6 is 0 Å². The minimum absolute atomic E-state index is 0.464. The van der Waals surface area contributed by atoms with E-state index in [-0.39, 0.29) is 0 Å². The lowest BCUT2D eigenvalue weighted by molar-refractivity contribution is 0.181. The van der Waals surface area contributed by atoms with E-state index in [2.05, 4.69) is 41.5 Å². The Labute approximate surface area is 137 Å². The molecular formula is C19H32O2Si. The molecule has 0 bridgehead atoms. The minimum Gasteiger partial charge on any atom is -0.548 e. The minimum atomic E-state index is -1.85. The van der Waals surface area contributed by atoms with E-state index < -0.39 is 14.4 Å². The molecule has 3 heteroatoms. The first-order valence-corrected chi connectivity index (χ1v) is 10.5. The molecule has 1 rings (SSSR count). The molecule has 0 radical (unpaired) electrons. The van der Waals surface area contributed by atoms with Crippen molar-refractivity contribution in [3.63, 3.8) is 0 Å². The van der Waals surface area contributed by atoms with Crippen molar-refractivity contribution in [3.8, 4) is 0 Å². The van der Waals surface area contributed by atoms with E-state index in [0.717, 1.165) is 5.56 Å². The van der Waals surface area contributed by atoms with Gasteiger partial charge in [-0.1, -0.05) is 71.9 Å². The Hall–Kier alpha value is -1.06. The van der Waals surface area contributed by atoms with E-state index in [0.29, 0.717) is 23.0 Å². The fraction of sp³-hybridized carbons (Fsp3) is 0.579. The van der Waals surface area contributed by atoms with Crippen molar-refractivity contribution in [1.29, 1.82) is 0 Å². The first-order chi connectivity index (χ1) is 10.3. The van der Waals surface area contributed by atoms with Crippen molar-refractivity contribution in [2.24, 2.45) is 0 Å². The van der Waals surface area contributed by atoms with Gasteiger partial charge in [0.05, 0.1) is 12.4 Å². The largest absolute Gasteiger partial charge is 0.548 e. The zero-order chi connectivity index (χ0) is 16.8. The third-order valence-electron chi connectivity index (χ3n) is 4.62. The first kappa shape index (κ1) is 19.0. The summed E-state index contributed by atoms with van der Waals surface area (Å²) in [6.45, 7) is 13.7. The van der Waals surface area contributed by atoms with Crippen molar-refractivity contribution in [2.45, 2.75) is 70.7 Å². The fourth-order valence-electron chi connectivity index (χ4n) is 3.57. The average Bonchev–Trinajstić information content (AvgIpc) is 2.46. The number of aliphatic hydroxyl groups excluding tert-OH is 1. The number of aliphatic hydroxyl groups is 1. The molecule has 0 aliphatic carbocycles. The van der Waals surface area contributed by atoms with Crippen LogP contribution < -0.4 is 0 Å². The van der Waals surface area contributed by atoms with E-state index in [1.807, 2.05) is 42.7 Å². The SMILES string of the molecule is CC(C)[Si](O/C=C\C[C@H](O)c1ccccc1)(C(C)C)C(C)C. The van der Waals surface area contributed by atoms with E-state index >= 15 is 0 Å². The molecule has 1 N–H and O–H groups in total. The molecule has 1 aromatic carbocycles. The zero-order valence-corrected chi connectivity index (χ0v) is 15.9. The van der Waals surface area contributed by atoms with Crippen LogP contribution in [0.5, 0.6) is 0 Å². The Morgan fingerprint density at radius 2 is 1.45 bits per heavy atom. The second-order valence-electron chi connectivity index (χ2n) is 6.97. The van der Waals surface area contributed by atoms with Crippen molar-refractivity contribution in [2.75, 3.05) is 0 Å². The predicted octanol–water partition coefficient (Wildman–Crippen LogP) is 5.82. The van der Waals surface area contributed by atoms with Gasteiger partial charge in [-0.2, -0.15) is 0 Å². The average molecular weight is 321 g/mol. The number of benzene rings is 1. The Kier molecular flexibility index (Phi) is 7.37. The third kappa shape index (κ3) is 4.47. The van der Waals surface area contributed by atoms with Gasteiger partial charge >= 0.3 is 0 Å². The summed E-state index contributed by atoms with van der Waals surface area (Å²) in [5.74, 6) is 0. The summed E-state index contributed by atoms with van der Waals surface area (Å²) < 4.78 is 6.35. The van der Waals surface area contributed by atoms with Gasteiger partial charge < -0.3 is 9.53 Å². The van der Waals surface area contributed by atoms with E-state index in [4.69, 9.17) is 4.43 Å². The molecule has 1 aromatic rings. The van der Waals surface area contributed by atoms with Crippen LogP contribution in [0.15, 0.2) is 42.7 Å². The standard InChI is InChI=1S/C19H32O2Si/c1-15(2)22(16(3)4,17(5)6)21-14-10-13-19(20)18-11-8-7-9-12-18/h7-12,14-17,19-20H,13H2,1-6H3/b14-10-/t19-/m0/s1. The van der Waals surface area contributed by atoms with Crippen LogP contribution in [0.1, 0.15) is 59.6 Å². The molecule has 0 heterocycles. The van der Waals surface area contributed by atoms with E-state index in [1.54, 1.807) is 0 Å². The van der Waals surface area contributed by atoms with Gasteiger partial charge in [-0.05, 0) is 34.7 Å². The van der Waals surface area contributed by atoms with Gasteiger partial charge in [0.2, 0.25) is 0 Å². The van der Waals surface area contributed by atoms with Crippen LogP contribution in [0.25, 0.3) is 0 Å². The highest BCUT2D eigenvalue weighted by atomic mass is 28.4. The number of hydrogen-bond acceptors (Lipinski definition) is 2. The van der Waals surface area contributed by atoms with Crippen LogP contribution in [0.3, 0.4) is 0 Å². The van der Waals surface area contributed by atoms with Crippen LogP contribution in [-0.2, 0) is 4.43 Å². The molecule has 0 fully saturated rings. The second-order valence-corrected chi connectivity index (χ2v) is 12.4. The summed E-state index contributed by atoms with van der Waals surface area (Å²) in [6.07, 6.45) is 3.93. The summed E-state index contributed by atoms with van der Waals surface area (Å²) in [4.78, 5) is 0. The fourth-order valence-corrected chi connectivity index (χ4v) is 8.72. The lowest BCUT2D eigenvalue weighted by atomic mass is 10.1. The highest BCUT2D eigenvalue weighted by Gasteiger charge is 2.46. The molecule has 0 saturated carbocycles.